The van der Waals surface area contributed by atoms with E-state index >= 15 is 0 Å². The summed E-state index contributed by atoms with van der Waals surface area (Å²) >= 11 is 0. The minimum atomic E-state index is 0.628. The summed E-state index contributed by atoms with van der Waals surface area (Å²) in [5, 5.41) is 3.33. The molecule has 2 heterocycles. The first-order chi connectivity index (χ1) is 14.2. The van der Waals surface area contributed by atoms with E-state index in [1.54, 1.807) is 14.2 Å². The summed E-state index contributed by atoms with van der Waals surface area (Å²) in [6, 6.07) is 16.3. The maximum absolute atomic E-state index is 5.49. The Morgan fingerprint density at radius 1 is 0.966 bits per heavy atom. The van der Waals surface area contributed by atoms with Gasteiger partial charge in [0, 0.05) is 30.5 Å². The largest absolute Gasteiger partial charge is 0.493 e. The molecular weight excluding hydrogens is 364 g/mol. The van der Waals surface area contributed by atoms with Crippen LogP contribution in [0.25, 0.3) is 0 Å². The van der Waals surface area contributed by atoms with E-state index in [1.165, 1.54) is 11.1 Å². The molecule has 1 aliphatic heterocycles. The fourth-order valence-electron chi connectivity index (χ4n) is 3.61. The Labute approximate surface area is 171 Å². The highest BCUT2D eigenvalue weighted by Crippen LogP contribution is 2.34. The van der Waals surface area contributed by atoms with E-state index in [1.807, 2.05) is 30.3 Å². The molecule has 0 aliphatic carbocycles. The number of para-hydroxylation sites is 1. The number of aryl methyl sites for hydroxylation is 1. The van der Waals surface area contributed by atoms with E-state index in [2.05, 4.69) is 40.3 Å². The number of methoxy groups -OCH3 is 2. The van der Waals surface area contributed by atoms with E-state index in [-0.39, 0.29) is 0 Å². The Morgan fingerprint density at radius 2 is 1.69 bits per heavy atom. The second-order valence-electron chi connectivity index (χ2n) is 7.03. The van der Waals surface area contributed by atoms with Gasteiger partial charge in [0.25, 0.3) is 0 Å². The Hall–Kier alpha value is -3.28. The molecule has 3 aromatic rings. The molecule has 150 valence electrons. The summed E-state index contributed by atoms with van der Waals surface area (Å²) in [5.74, 6) is 3.11. The zero-order chi connectivity index (χ0) is 20.2. The molecule has 0 radical (unpaired) electrons. The van der Waals surface area contributed by atoms with E-state index in [0.29, 0.717) is 5.95 Å². The summed E-state index contributed by atoms with van der Waals surface area (Å²) in [7, 11) is 3.35. The van der Waals surface area contributed by atoms with Gasteiger partial charge in [0.15, 0.2) is 11.5 Å². The number of aromatic nitrogens is 2. The van der Waals surface area contributed by atoms with Crippen LogP contribution in [-0.2, 0) is 19.4 Å². The maximum Gasteiger partial charge on any atom is 0.229 e. The van der Waals surface area contributed by atoms with Crippen molar-refractivity contribution in [1.82, 2.24) is 9.97 Å². The van der Waals surface area contributed by atoms with Crippen molar-refractivity contribution in [1.29, 1.82) is 0 Å². The van der Waals surface area contributed by atoms with Crippen molar-refractivity contribution in [3.8, 4) is 11.5 Å². The monoisotopic (exact) mass is 390 g/mol. The van der Waals surface area contributed by atoms with Gasteiger partial charge < -0.3 is 19.7 Å². The van der Waals surface area contributed by atoms with Crippen LogP contribution in [0.5, 0.6) is 11.5 Å². The standard InChI is InChI=1S/C23H26N4O2/c1-4-18-14-22(26-23(24-18)25-19-8-6-5-7-9-19)27-11-10-16-12-20(28-2)21(29-3)13-17(16)15-27/h5-9,12-14H,4,10-11,15H2,1-3H3,(H,24,25,26). The lowest BCUT2D eigenvalue weighted by atomic mass is 9.98. The lowest BCUT2D eigenvalue weighted by molar-refractivity contribution is 0.353. The van der Waals surface area contributed by atoms with E-state index in [9.17, 15) is 0 Å². The molecule has 1 aliphatic rings. The van der Waals surface area contributed by atoms with Gasteiger partial charge in [-0.3, -0.25) is 0 Å². The molecule has 29 heavy (non-hydrogen) atoms. The van der Waals surface area contributed by atoms with Crippen LogP contribution in [0.4, 0.5) is 17.5 Å². The summed E-state index contributed by atoms with van der Waals surface area (Å²) in [5.41, 5.74) is 4.54. The number of ether oxygens (including phenoxy) is 2. The van der Waals surface area contributed by atoms with E-state index in [0.717, 1.165) is 54.6 Å². The average Bonchev–Trinajstić information content (AvgIpc) is 2.78. The molecule has 0 amide bonds. The first-order valence-corrected chi connectivity index (χ1v) is 9.89. The molecule has 0 bridgehead atoms. The summed E-state index contributed by atoms with van der Waals surface area (Å²) < 4.78 is 10.9. The number of nitrogens with one attached hydrogen (secondary N) is 1. The molecule has 0 spiro atoms. The van der Waals surface area contributed by atoms with Crippen LogP contribution in [0.3, 0.4) is 0 Å². The smallest absolute Gasteiger partial charge is 0.229 e. The predicted octanol–water partition coefficient (Wildman–Crippen LogP) is 4.36. The Balaban J connectivity index is 1.62. The molecule has 2 aromatic carbocycles. The van der Waals surface area contributed by atoms with Gasteiger partial charge in [-0.1, -0.05) is 25.1 Å². The van der Waals surface area contributed by atoms with Crippen LogP contribution in [0.1, 0.15) is 23.7 Å². The normalized spacial score (nSPS) is 13.0. The number of benzene rings is 2. The number of hydrogen-bond acceptors (Lipinski definition) is 6. The van der Waals surface area contributed by atoms with Gasteiger partial charge in [-0.2, -0.15) is 4.98 Å². The quantitative estimate of drug-likeness (QED) is 0.675. The van der Waals surface area contributed by atoms with Gasteiger partial charge in [-0.25, -0.2) is 4.98 Å². The summed E-state index contributed by atoms with van der Waals surface area (Å²) in [6.45, 7) is 3.79. The highest BCUT2D eigenvalue weighted by atomic mass is 16.5. The molecule has 1 aromatic heterocycles. The van der Waals surface area contributed by atoms with Crippen molar-refractivity contribution in [2.75, 3.05) is 31.0 Å². The third-order valence-corrected chi connectivity index (χ3v) is 5.20. The van der Waals surface area contributed by atoms with Crippen LogP contribution in [0, 0.1) is 0 Å². The molecule has 4 rings (SSSR count). The van der Waals surface area contributed by atoms with E-state index in [4.69, 9.17) is 14.5 Å². The van der Waals surface area contributed by atoms with Crippen molar-refractivity contribution in [3.63, 3.8) is 0 Å². The van der Waals surface area contributed by atoms with Crippen molar-refractivity contribution < 1.29 is 9.47 Å². The molecule has 0 fully saturated rings. The summed E-state index contributed by atoms with van der Waals surface area (Å²) in [6.07, 6.45) is 1.79. The second kappa shape index (κ2) is 8.39. The van der Waals surface area contributed by atoms with Crippen molar-refractivity contribution >= 4 is 17.5 Å². The third kappa shape index (κ3) is 4.11. The lowest BCUT2D eigenvalue weighted by Gasteiger charge is -2.31. The number of hydrogen-bond donors (Lipinski definition) is 1. The van der Waals surface area contributed by atoms with Crippen molar-refractivity contribution in [2.45, 2.75) is 26.3 Å². The topological polar surface area (TPSA) is 59.5 Å². The van der Waals surface area contributed by atoms with E-state index < -0.39 is 0 Å². The molecule has 0 unspecified atom stereocenters. The molecule has 0 saturated heterocycles. The van der Waals surface area contributed by atoms with Crippen LogP contribution >= 0.6 is 0 Å². The lowest BCUT2D eigenvalue weighted by Crippen LogP contribution is -2.31. The van der Waals surface area contributed by atoms with Gasteiger partial charge in [0.2, 0.25) is 5.95 Å². The van der Waals surface area contributed by atoms with Crippen LogP contribution in [0.2, 0.25) is 0 Å². The number of rotatable bonds is 6. The SMILES string of the molecule is CCc1cc(N2CCc3cc(OC)c(OC)cc3C2)nc(Nc2ccccc2)n1. The zero-order valence-electron chi connectivity index (χ0n) is 17.1. The number of nitrogens with zero attached hydrogens (tertiary/aromatic N) is 3. The highest BCUT2D eigenvalue weighted by Gasteiger charge is 2.21. The zero-order valence-corrected chi connectivity index (χ0v) is 17.1. The van der Waals surface area contributed by atoms with Gasteiger partial charge in [0.1, 0.15) is 5.82 Å². The Morgan fingerprint density at radius 3 is 2.38 bits per heavy atom. The second-order valence-corrected chi connectivity index (χ2v) is 7.03. The molecule has 0 saturated carbocycles. The fourth-order valence-corrected chi connectivity index (χ4v) is 3.61. The molecule has 6 nitrogen and oxygen atoms in total. The first kappa shape index (κ1) is 19.1. The maximum atomic E-state index is 5.49. The average molecular weight is 390 g/mol. The Bertz CT molecular complexity index is 992. The third-order valence-electron chi connectivity index (χ3n) is 5.20. The minimum absolute atomic E-state index is 0.628. The molecule has 6 heteroatoms. The molecule has 1 N–H and O–H groups in total. The van der Waals surface area contributed by atoms with Gasteiger partial charge in [-0.15, -0.1) is 0 Å². The fraction of sp³-hybridized carbons (Fsp3) is 0.304. The Kier molecular flexibility index (Phi) is 5.51. The highest BCUT2D eigenvalue weighted by molar-refractivity contribution is 5.57. The minimum Gasteiger partial charge on any atom is -0.493 e. The number of fused-ring (bicyclic) bond motifs is 1. The summed E-state index contributed by atoms with van der Waals surface area (Å²) in [4.78, 5) is 11.7. The van der Waals surface area contributed by atoms with Gasteiger partial charge in [0.05, 0.1) is 14.2 Å². The van der Waals surface area contributed by atoms with Crippen LogP contribution in [0.15, 0.2) is 48.5 Å². The van der Waals surface area contributed by atoms with Crippen molar-refractivity contribution in [3.05, 3.63) is 65.4 Å². The van der Waals surface area contributed by atoms with Crippen LogP contribution < -0.4 is 19.7 Å². The predicted molar refractivity (Wildman–Crippen MR) is 115 cm³/mol. The van der Waals surface area contributed by atoms with Gasteiger partial charge >= 0.3 is 0 Å². The first-order valence-electron chi connectivity index (χ1n) is 9.89. The molecular formula is C23H26N4O2. The van der Waals surface area contributed by atoms with Crippen LogP contribution in [-0.4, -0.2) is 30.7 Å². The number of anilines is 3. The van der Waals surface area contributed by atoms with Gasteiger partial charge in [-0.05, 0) is 48.2 Å². The molecule has 0 atom stereocenters. The van der Waals surface area contributed by atoms with Crippen molar-refractivity contribution in [2.24, 2.45) is 0 Å².